The molecule has 2 fully saturated rings. The fourth-order valence-corrected chi connectivity index (χ4v) is 3.71. The van der Waals surface area contributed by atoms with E-state index in [2.05, 4.69) is 58.1 Å². The summed E-state index contributed by atoms with van der Waals surface area (Å²) in [6.07, 6.45) is 3.19. The van der Waals surface area contributed by atoms with E-state index in [-0.39, 0.29) is 17.9 Å². The number of aryl methyl sites for hydroxylation is 1. The first-order valence-corrected chi connectivity index (χ1v) is 11.0. The first-order chi connectivity index (χ1) is 13.9. The lowest BCUT2D eigenvalue weighted by Crippen LogP contribution is -2.52. The van der Waals surface area contributed by atoms with Gasteiger partial charge in [-0.2, -0.15) is 0 Å². The van der Waals surface area contributed by atoms with Crippen LogP contribution in [0, 0.1) is 6.92 Å². The molecule has 29 heavy (non-hydrogen) atoms. The maximum Gasteiger partial charge on any atom is 0.237 e. The van der Waals surface area contributed by atoms with E-state index >= 15 is 0 Å². The Hall–Kier alpha value is -1.92. The zero-order chi connectivity index (χ0) is 20.8. The van der Waals surface area contributed by atoms with E-state index < -0.39 is 0 Å². The van der Waals surface area contributed by atoms with Crippen LogP contribution in [-0.2, 0) is 16.1 Å². The van der Waals surface area contributed by atoms with Crippen molar-refractivity contribution in [1.82, 2.24) is 20.0 Å². The number of carbonyl (C=O) groups excluding carboxylic acids is 2. The van der Waals surface area contributed by atoms with Gasteiger partial charge >= 0.3 is 0 Å². The standard InChI is InChI=1S/C23H36N4O2/c1-4-19(3)24-22(28)16-25-11-13-26(14-12-25)17-23(29)27(21-9-10-21)15-20-7-5-18(2)6-8-20/h5-8,19,21H,4,9-17H2,1-3H3,(H,24,28). The predicted molar refractivity (Wildman–Crippen MR) is 116 cm³/mol. The third-order valence-corrected chi connectivity index (χ3v) is 5.99. The third kappa shape index (κ3) is 6.82. The normalized spacial score (nSPS) is 19.0. The molecule has 1 aliphatic heterocycles. The van der Waals surface area contributed by atoms with E-state index in [0.717, 1.165) is 45.4 Å². The Morgan fingerprint density at radius 3 is 2.21 bits per heavy atom. The molecular weight excluding hydrogens is 364 g/mol. The van der Waals surface area contributed by atoms with Gasteiger partial charge < -0.3 is 10.2 Å². The molecule has 1 unspecified atom stereocenters. The highest BCUT2D eigenvalue weighted by Crippen LogP contribution is 2.28. The van der Waals surface area contributed by atoms with Crippen LogP contribution in [-0.4, -0.2) is 77.9 Å². The van der Waals surface area contributed by atoms with Crippen molar-refractivity contribution in [2.75, 3.05) is 39.3 Å². The van der Waals surface area contributed by atoms with Crippen molar-refractivity contribution < 1.29 is 9.59 Å². The minimum absolute atomic E-state index is 0.0990. The van der Waals surface area contributed by atoms with Crippen LogP contribution in [0.3, 0.4) is 0 Å². The van der Waals surface area contributed by atoms with Crippen molar-refractivity contribution >= 4 is 11.8 Å². The van der Waals surface area contributed by atoms with E-state index in [4.69, 9.17) is 0 Å². The minimum Gasteiger partial charge on any atom is -0.353 e. The van der Waals surface area contributed by atoms with Gasteiger partial charge in [0.1, 0.15) is 0 Å². The number of carbonyl (C=O) groups is 2. The summed E-state index contributed by atoms with van der Waals surface area (Å²) >= 11 is 0. The number of hydrogen-bond acceptors (Lipinski definition) is 4. The zero-order valence-electron chi connectivity index (χ0n) is 18.2. The molecule has 6 nitrogen and oxygen atoms in total. The van der Waals surface area contributed by atoms with Crippen LogP contribution >= 0.6 is 0 Å². The molecule has 0 aromatic heterocycles. The number of hydrogen-bond donors (Lipinski definition) is 1. The molecule has 3 rings (SSSR count). The van der Waals surface area contributed by atoms with E-state index in [0.29, 0.717) is 25.7 Å². The van der Waals surface area contributed by atoms with Crippen LogP contribution in [0.25, 0.3) is 0 Å². The molecule has 0 radical (unpaired) electrons. The molecule has 1 aromatic carbocycles. The summed E-state index contributed by atoms with van der Waals surface area (Å²) < 4.78 is 0. The van der Waals surface area contributed by atoms with Gasteiger partial charge in [-0.3, -0.25) is 19.4 Å². The van der Waals surface area contributed by atoms with Crippen LogP contribution in [0.4, 0.5) is 0 Å². The van der Waals surface area contributed by atoms with Gasteiger partial charge in [-0.25, -0.2) is 0 Å². The van der Waals surface area contributed by atoms with Gasteiger partial charge in [0, 0.05) is 44.8 Å². The van der Waals surface area contributed by atoms with Gasteiger partial charge in [0.25, 0.3) is 0 Å². The van der Waals surface area contributed by atoms with Crippen molar-refractivity contribution in [3.05, 3.63) is 35.4 Å². The van der Waals surface area contributed by atoms with Crippen molar-refractivity contribution in [1.29, 1.82) is 0 Å². The summed E-state index contributed by atoms with van der Waals surface area (Å²) in [5, 5.41) is 3.03. The second kappa shape index (κ2) is 10.2. The highest BCUT2D eigenvalue weighted by Gasteiger charge is 2.33. The van der Waals surface area contributed by atoms with Gasteiger partial charge in [0.05, 0.1) is 13.1 Å². The quantitative estimate of drug-likeness (QED) is 0.689. The van der Waals surface area contributed by atoms with Crippen LogP contribution in [0.5, 0.6) is 0 Å². The summed E-state index contributed by atoms with van der Waals surface area (Å²) in [7, 11) is 0. The summed E-state index contributed by atoms with van der Waals surface area (Å²) in [4.78, 5) is 31.5. The molecule has 1 atom stereocenters. The highest BCUT2D eigenvalue weighted by atomic mass is 16.2. The molecule has 6 heteroatoms. The number of piperazine rings is 1. The van der Waals surface area contributed by atoms with Crippen molar-refractivity contribution in [3.8, 4) is 0 Å². The largest absolute Gasteiger partial charge is 0.353 e. The van der Waals surface area contributed by atoms with E-state index in [1.807, 2.05) is 6.92 Å². The summed E-state index contributed by atoms with van der Waals surface area (Å²) in [6.45, 7) is 11.2. The maximum atomic E-state index is 13.0. The third-order valence-electron chi connectivity index (χ3n) is 5.99. The average molecular weight is 401 g/mol. The summed E-state index contributed by atoms with van der Waals surface area (Å²) in [6, 6.07) is 9.11. The lowest BCUT2D eigenvalue weighted by atomic mass is 10.1. The molecule has 1 aliphatic carbocycles. The molecule has 2 aliphatic rings. The Labute approximate surface area is 175 Å². The lowest BCUT2D eigenvalue weighted by Gasteiger charge is -2.35. The summed E-state index contributed by atoms with van der Waals surface area (Å²) in [5.74, 6) is 0.331. The van der Waals surface area contributed by atoms with E-state index in [1.54, 1.807) is 0 Å². The monoisotopic (exact) mass is 400 g/mol. The SMILES string of the molecule is CCC(C)NC(=O)CN1CCN(CC(=O)N(Cc2ccc(C)cc2)C2CC2)CC1. The molecule has 160 valence electrons. The molecule has 2 amide bonds. The number of nitrogens with one attached hydrogen (secondary N) is 1. The Morgan fingerprint density at radius 1 is 1.07 bits per heavy atom. The van der Waals surface area contributed by atoms with Crippen molar-refractivity contribution in [3.63, 3.8) is 0 Å². The topological polar surface area (TPSA) is 55.9 Å². The van der Waals surface area contributed by atoms with Gasteiger partial charge in [0.2, 0.25) is 11.8 Å². The smallest absolute Gasteiger partial charge is 0.237 e. The Balaban J connectivity index is 1.44. The minimum atomic E-state index is 0.0990. The fraction of sp³-hybridized carbons (Fsp3) is 0.652. The number of benzene rings is 1. The number of nitrogens with zero attached hydrogens (tertiary/aromatic N) is 3. The maximum absolute atomic E-state index is 13.0. The van der Waals surface area contributed by atoms with E-state index in [1.165, 1.54) is 11.1 Å². The molecule has 1 heterocycles. The van der Waals surface area contributed by atoms with Crippen LogP contribution in [0.1, 0.15) is 44.2 Å². The van der Waals surface area contributed by atoms with Gasteiger partial charge in [0.15, 0.2) is 0 Å². The lowest BCUT2D eigenvalue weighted by molar-refractivity contribution is -0.134. The van der Waals surface area contributed by atoms with Crippen molar-refractivity contribution in [2.45, 2.75) is 58.7 Å². The number of rotatable bonds is 9. The molecule has 1 saturated carbocycles. The zero-order valence-corrected chi connectivity index (χ0v) is 18.2. The molecule has 1 saturated heterocycles. The Kier molecular flexibility index (Phi) is 7.67. The molecule has 0 bridgehead atoms. The first kappa shape index (κ1) is 21.8. The van der Waals surface area contributed by atoms with Crippen LogP contribution in [0.15, 0.2) is 24.3 Å². The molecular formula is C23H36N4O2. The number of amides is 2. The predicted octanol–water partition coefficient (Wildman–Crippen LogP) is 2.02. The van der Waals surface area contributed by atoms with Gasteiger partial charge in [-0.15, -0.1) is 0 Å². The molecule has 1 N–H and O–H groups in total. The molecule has 1 aromatic rings. The van der Waals surface area contributed by atoms with Crippen LogP contribution in [0.2, 0.25) is 0 Å². The average Bonchev–Trinajstić information content (AvgIpc) is 3.53. The van der Waals surface area contributed by atoms with Crippen LogP contribution < -0.4 is 5.32 Å². The summed E-state index contributed by atoms with van der Waals surface area (Å²) in [5.41, 5.74) is 2.45. The molecule has 0 spiro atoms. The second-order valence-corrected chi connectivity index (χ2v) is 8.67. The second-order valence-electron chi connectivity index (χ2n) is 8.67. The van der Waals surface area contributed by atoms with E-state index in [9.17, 15) is 9.59 Å². The first-order valence-electron chi connectivity index (χ1n) is 11.0. The van der Waals surface area contributed by atoms with Crippen molar-refractivity contribution in [2.24, 2.45) is 0 Å². The highest BCUT2D eigenvalue weighted by molar-refractivity contribution is 5.79. The van der Waals surface area contributed by atoms with Gasteiger partial charge in [-0.1, -0.05) is 36.8 Å². The van der Waals surface area contributed by atoms with Gasteiger partial charge in [-0.05, 0) is 38.7 Å². The Morgan fingerprint density at radius 2 is 1.66 bits per heavy atom. The Bertz CT molecular complexity index is 679. The fourth-order valence-electron chi connectivity index (χ4n) is 3.71.